The van der Waals surface area contributed by atoms with Crippen LogP contribution < -0.4 is 4.90 Å². The van der Waals surface area contributed by atoms with E-state index in [0.717, 1.165) is 31.0 Å². The molecule has 2 rings (SSSR count). The predicted molar refractivity (Wildman–Crippen MR) is 62.4 cm³/mol. The first-order chi connectivity index (χ1) is 7.16. The van der Waals surface area contributed by atoms with E-state index in [1.165, 1.54) is 0 Å². The smallest absolute Gasteiger partial charge is 0.132 e. The van der Waals surface area contributed by atoms with E-state index >= 15 is 0 Å². The topological polar surface area (TPSA) is 29.0 Å². The molecule has 2 unspecified atom stereocenters. The summed E-state index contributed by atoms with van der Waals surface area (Å²) in [7, 11) is 0. The lowest BCUT2D eigenvalue weighted by Gasteiger charge is -2.34. The summed E-state index contributed by atoms with van der Waals surface area (Å²) in [5, 5.41) is 0.309. The molecule has 0 amide bonds. The molecule has 1 aliphatic heterocycles. The number of hydrogen-bond acceptors (Lipinski definition) is 3. The van der Waals surface area contributed by atoms with Gasteiger partial charge in [0.15, 0.2) is 0 Å². The highest BCUT2D eigenvalue weighted by Crippen LogP contribution is 2.24. The minimum atomic E-state index is 0.309. The van der Waals surface area contributed by atoms with Crippen molar-refractivity contribution in [3.63, 3.8) is 0 Å². The van der Waals surface area contributed by atoms with Gasteiger partial charge in [-0.2, -0.15) is 0 Å². The van der Waals surface area contributed by atoms with E-state index in [0.29, 0.717) is 11.3 Å². The second kappa shape index (κ2) is 4.35. The third kappa shape index (κ3) is 2.40. The molecule has 1 aromatic rings. The van der Waals surface area contributed by atoms with E-state index in [2.05, 4.69) is 21.8 Å². The summed E-state index contributed by atoms with van der Waals surface area (Å²) < 4.78 is 0. The van der Waals surface area contributed by atoms with Gasteiger partial charge in [0.25, 0.3) is 0 Å². The summed E-state index contributed by atoms with van der Waals surface area (Å²) in [6, 6.07) is 2.03. The van der Waals surface area contributed by atoms with Crippen LogP contribution >= 0.6 is 11.6 Å². The van der Waals surface area contributed by atoms with Crippen LogP contribution in [-0.2, 0) is 0 Å². The maximum absolute atomic E-state index is 6.19. The Labute approximate surface area is 95.5 Å². The number of halogens is 1. The number of aromatic nitrogens is 2. The van der Waals surface area contributed by atoms with E-state index in [1.54, 1.807) is 6.33 Å². The second-order valence-corrected chi connectivity index (χ2v) is 4.81. The molecule has 82 valence electrons. The number of piperidine rings is 1. The molecule has 1 aliphatic rings. The lowest BCUT2D eigenvalue weighted by Crippen LogP contribution is -2.40. The van der Waals surface area contributed by atoms with E-state index in [-0.39, 0.29) is 0 Å². The molecule has 0 saturated carbocycles. The van der Waals surface area contributed by atoms with Gasteiger partial charge in [0.1, 0.15) is 12.1 Å². The molecule has 0 aliphatic carbocycles. The first-order valence-corrected chi connectivity index (χ1v) is 5.78. The Morgan fingerprint density at radius 3 is 2.93 bits per heavy atom. The van der Waals surface area contributed by atoms with Crippen molar-refractivity contribution in [3.8, 4) is 0 Å². The molecule has 15 heavy (non-hydrogen) atoms. The highest BCUT2D eigenvalue weighted by molar-refractivity contribution is 6.20. The molecular weight excluding hydrogens is 210 g/mol. The summed E-state index contributed by atoms with van der Waals surface area (Å²) >= 11 is 6.19. The van der Waals surface area contributed by atoms with Crippen molar-refractivity contribution in [2.45, 2.75) is 25.6 Å². The number of aryl methyl sites for hydroxylation is 1. The molecule has 3 nitrogen and oxygen atoms in total. The van der Waals surface area contributed by atoms with Crippen LogP contribution in [-0.4, -0.2) is 28.4 Å². The predicted octanol–water partition coefficient (Wildman–Crippen LogP) is 2.24. The Morgan fingerprint density at radius 2 is 2.27 bits per heavy atom. The Kier molecular flexibility index (Phi) is 3.10. The fourth-order valence-electron chi connectivity index (χ4n) is 1.94. The van der Waals surface area contributed by atoms with Crippen LogP contribution in [0.3, 0.4) is 0 Å². The zero-order chi connectivity index (χ0) is 10.8. The van der Waals surface area contributed by atoms with Gasteiger partial charge in [-0.1, -0.05) is 6.92 Å². The lowest BCUT2D eigenvalue weighted by molar-refractivity contribution is 0.452. The van der Waals surface area contributed by atoms with Crippen LogP contribution in [0.15, 0.2) is 12.4 Å². The van der Waals surface area contributed by atoms with Crippen LogP contribution in [0.25, 0.3) is 0 Å². The number of nitrogens with zero attached hydrogens (tertiary/aromatic N) is 3. The van der Waals surface area contributed by atoms with Gasteiger partial charge in [0, 0.05) is 30.2 Å². The quantitative estimate of drug-likeness (QED) is 0.687. The van der Waals surface area contributed by atoms with Gasteiger partial charge in [-0.25, -0.2) is 9.97 Å². The normalized spacial score (nSPS) is 26.7. The first kappa shape index (κ1) is 10.7. The highest BCUT2D eigenvalue weighted by Gasteiger charge is 2.24. The van der Waals surface area contributed by atoms with E-state index in [9.17, 15) is 0 Å². The van der Waals surface area contributed by atoms with E-state index in [1.807, 2.05) is 13.0 Å². The Hall–Kier alpha value is -0.830. The third-order valence-electron chi connectivity index (χ3n) is 2.91. The van der Waals surface area contributed by atoms with Crippen molar-refractivity contribution >= 4 is 17.4 Å². The molecule has 0 N–H and O–H groups in total. The van der Waals surface area contributed by atoms with Crippen molar-refractivity contribution < 1.29 is 0 Å². The third-order valence-corrected chi connectivity index (χ3v) is 3.56. The summed E-state index contributed by atoms with van der Waals surface area (Å²) in [6.07, 6.45) is 2.66. The van der Waals surface area contributed by atoms with Gasteiger partial charge in [0.2, 0.25) is 0 Å². The molecule has 0 bridgehead atoms. The standard InChI is InChI=1S/C11H16ClN3/c1-8-6-15(4-3-10(8)12)11-5-9(2)13-7-14-11/h5,7-8,10H,3-4,6H2,1-2H3. The average molecular weight is 226 g/mol. The van der Waals surface area contributed by atoms with Gasteiger partial charge in [0.05, 0.1) is 0 Å². The Morgan fingerprint density at radius 1 is 1.47 bits per heavy atom. The SMILES string of the molecule is Cc1cc(N2CCC(Cl)C(C)C2)ncn1. The van der Waals surface area contributed by atoms with Crippen molar-refractivity contribution in [2.75, 3.05) is 18.0 Å². The Balaban J connectivity index is 2.12. The number of rotatable bonds is 1. The van der Waals surface area contributed by atoms with Crippen LogP contribution in [0.5, 0.6) is 0 Å². The summed E-state index contributed by atoms with van der Waals surface area (Å²) in [5.74, 6) is 1.55. The summed E-state index contributed by atoms with van der Waals surface area (Å²) in [6.45, 7) is 6.17. The van der Waals surface area contributed by atoms with Gasteiger partial charge >= 0.3 is 0 Å². The summed E-state index contributed by atoms with van der Waals surface area (Å²) in [5.41, 5.74) is 1.01. The molecule has 2 heterocycles. The largest absolute Gasteiger partial charge is 0.356 e. The molecule has 1 fully saturated rings. The average Bonchev–Trinajstić information content (AvgIpc) is 2.22. The van der Waals surface area contributed by atoms with Crippen LogP contribution in [0.2, 0.25) is 0 Å². The van der Waals surface area contributed by atoms with Gasteiger partial charge in [-0.05, 0) is 19.3 Å². The minimum Gasteiger partial charge on any atom is -0.356 e. The van der Waals surface area contributed by atoms with E-state index in [4.69, 9.17) is 11.6 Å². The van der Waals surface area contributed by atoms with Gasteiger partial charge in [-0.15, -0.1) is 11.6 Å². The van der Waals surface area contributed by atoms with Crippen molar-refractivity contribution in [1.29, 1.82) is 0 Å². The fourth-order valence-corrected chi connectivity index (χ4v) is 2.12. The molecule has 0 radical (unpaired) electrons. The maximum atomic E-state index is 6.19. The molecular formula is C11H16ClN3. The number of hydrogen-bond donors (Lipinski definition) is 0. The molecule has 2 atom stereocenters. The fraction of sp³-hybridized carbons (Fsp3) is 0.636. The summed E-state index contributed by atoms with van der Waals surface area (Å²) in [4.78, 5) is 10.7. The first-order valence-electron chi connectivity index (χ1n) is 5.34. The lowest BCUT2D eigenvalue weighted by atomic mass is 10.00. The van der Waals surface area contributed by atoms with Crippen molar-refractivity contribution in [1.82, 2.24) is 9.97 Å². The van der Waals surface area contributed by atoms with Crippen molar-refractivity contribution in [3.05, 3.63) is 18.1 Å². The monoisotopic (exact) mass is 225 g/mol. The zero-order valence-corrected chi connectivity index (χ0v) is 9.91. The van der Waals surface area contributed by atoms with Gasteiger partial charge < -0.3 is 4.90 Å². The molecule has 4 heteroatoms. The second-order valence-electron chi connectivity index (χ2n) is 4.25. The Bertz CT molecular complexity index is 342. The molecule has 1 aromatic heterocycles. The number of anilines is 1. The van der Waals surface area contributed by atoms with Crippen molar-refractivity contribution in [2.24, 2.45) is 5.92 Å². The minimum absolute atomic E-state index is 0.309. The van der Waals surface area contributed by atoms with Crippen LogP contribution in [0.4, 0.5) is 5.82 Å². The van der Waals surface area contributed by atoms with Crippen LogP contribution in [0.1, 0.15) is 19.0 Å². The molecule has 1 saturated heterocycles. The zero-order valence-electron chi connectivity index (χ0n) is 9.15. The highest BCUT2D eigenvalue weighted by atomic mass is 35.5. The van der Waals surface area contributed by atoms with E-state index < -0.39 is 0 Å². The number of alkyl halides is 1. The van der Waals surface area contributed by atoms with Crippen LogP contribution in [0, 0.1) is 12.8 Å². The molecule has 0 spiro atoms. The van der Waals surface area contributed by atoms with Gasteiger partial charge in [-0.3, -0.25) is 0 Å². The molecule has 0 aromatic carbocycles. The maximum Gasteiger partial charge on any atom is 0.132 e.